The van der Waals surface area contributed by atoms with E-state index in [9.17, 15) is 4.79 Å². The second kappa shape index (κ2) is 4.32. The molecular formula is C9H10IN5O. The van der Waals surface area contributed by atoms with E-state index in [4.69, 9.17) is 0 Å². The number of aromatic nitrogens is 5. The summed E-state index contributed by atoms with van der Waals surface area (Å²) in [6.07, 6.45) is 3.14. The summed E-state index contributed by atoms with van der Waals surface area (Å²) in [4.78, 5) is 16.0. The number of hydrogen-bond donors (Lipinski definition) is 0. The number of hydrogen-bond acceptors (Lipinski definition) is 4. The van der Waals surface area contributed by atoms with Crippen LogP contribution in [0, 0.1) is 10.5 Å². The molecule has 0 saturated carbocycles. The summed E-state index contributed by atoms with van der Waals surface area (Å²) in [7, 11) is 1.84. The van der Waals surface area contributed by atoms with Gasteiger partial charge in [0.15, 0.2) is 5.82 Å². The first-order valence-corrected chi connectivity index (χ1v) is 5.72. The van der Waals surface area contributed by atoms with E-state index in [1.54, 1.807) is 10.9 Å². The molecule has 0 aliphatic carbocycles. The van der Waals surface area contributed by atoms with Gasteiger partial charge in [-0.25, -0.2) is 4.98 Å². The van der Waals surface area contributed by atoms with Crippen LogP contribution in [0.2, 0.25) is 0 Å². The fraction of sp³-hybridized carbons (Fsp3) is 0.333. The smallest absolute Gasteiger partial charge is 0.267 e. The van der Waals surface area contributed by atoms with Gasteiger partial charge < -0.3 is 4.57 Å². The first-order valence-electron chi connectivity index (χ1n) is 4.64. The fourth-order valence-electron chi connectivity index (χ4n) is 1.26. The van der Waals surface area contributed by atoms with Gasteiger partial charge in [0.2, 0.25) is 0 Å². The number of aryl methyl sites for hydroxylation is 2. The predicted octanol–water partition coefficient (Wildman–Crippen LogP) is 0.333. The molecule has 7 heteroatoms. The van der Waals surface area contributed by atoms with Gasteiger partial charge in [-0.15, -0.1) is 10.2 Å². The number of rotatable bonds is 2. The quantitative estimate of drug-likeness (QED) is 0.744. The van der Waals surface area contributed by atoms with Crippen LogP contribution in [-0.2, 0) is 13.6 Å². The second-order valence-electron chi connectivity index (χ2n) is 3.44. The van der Waals surface area contributed by atoms with Gasteiger partial charge in [-0.05, 0) is 29.5 Å². The Kier molecular flexibility index (Phi) is 3.03. The maximum atomic E-state index is 11.9. The molecule has 0 unspecified atom stereocenters. The first kappa shape index (κ1) is 11.2. The molecule has 0 spiro atoms. The highest BCUT2D eigenvalue weighted by Crippen LogP contribution is 2.02. The largest absolute Gasteiger partial charge is 0.319 e. The molecule has 0 atom stereocenters. The van der Waals surface area contributed by atoms with Crippen molar-refractivity contribution in [2.24, 2.45) is 7.05 Å². The van der Waals surface area contributed by atoms with Gasteiger partial charge in [0, 0.05) is 7.05 Å². The molecule has 2 heterocycles. The summed E-state index contributed by atoms with van der Waals surface area (Å²) < 4.78 is 3.94. The standard InChI is InChI=1S/C9H10IN5O/c1-6-8(10)9(16)15(4-11-6)3-7-13-12-5-14(7)2/h4-5H,3H2,1-2H3. The minimum Gasteiger partial charge on any atom is -0.319 e. The van der Waals surface area contributed by atoms with Gasteiger partial charge in [0.1, 0.15) is 6.33 Å². The van der Waals surface area contributed by atoms with Crippen LogP contribution in [0.3, 0.4) is 0 Å². The molecular weight excluding hydrogens is 321 g/mol. The fourth-order valence-corrected chi connectivity index (χ4v) is 1.71. The van der Waals surface area contributed by atoms with Crippen molar-refractivity contribution in [1.29, 1.82) is 0 Å². The minimum absolute atomic E-state index is 0.0453. The topological polar surface area (TPSA) is 65.6 Å². The van der Waals surface area contributed by atoms with E-state index in [1.807, 2.05) is 36.6 Å². The van der Waals surface area contributed by atoms with Crippen LogP contribution in [0.1, 0.15) is 11.5 Å². The van der Waals surface area contributed by atoms with E-state index in [1.165, 1.54) is 10.9 Å². The van der Waals surface area contributed by atoms with E-state index in [-0.39, 0.29) is 5.56 Å². The first-order chi connectivity index (χ1) is 7.59. The van der Waals surface area contributed by atoms with Crippen LogP contribution in [0.25, 0.3) is 0 Å². The molecule has 2 aromatic rings. The average molecular weight is 331 g/mol. The summed E-state index contributed by atoms with van der Waals surface area (Å²) in [5.41, 5.74) is 0.705. The normalized spacial score (nSPS) is 10.7. The monoisotopic (exact) mass is 331 g/mol. The van der Waals surface area contributed by atoms with Gasteiger partial charge in [0.05, 0.1) is 22.1 Å². The Morgan fingerprint density at radius 1 is 1.44 bits per heavy atom. The van der Waals surface area contributed by atoms with Crippen LogP contribution in [0.4, 0.5) is 0 Å². The van der Waals surface area contributed by atoms with Crippen molar-refractivity contribution in [1.82, 2.24) is 24.3 Å². The van der Waals surface area contributed by atoms with Crippen molar-refractivity contribution < 1.29 is 0 Å². The van der Waals surface area contributed by atoms with E-state index in [0.717, 1.165) is 11.5 Å². The lowest BCUT2D eigenvalue weighted by Crippen LogP contribution is -2.25. The Morgan fingerprint density at radius 3 is 2.81 bits per heavy atom. The van der Waals surface area contributed by atoms with Gasteiger partial charge in [-0.1, -0.05) is 0 Å². The molecule has 0 aliphatic heterocycles. The molecule has 0 aromatic carbocycles. The zero-order valence-corrected chi connectivity index (χ0v) is 11.0. The Labute approximate surface area is 105 Å². The van der Waals surface area contributed by atoms with Gasteiger partial charge in [-0.3, -0.25) is 9.36 Å². The number of halogens is 1. The van der Waals surface area contributed by atoms with Crippen molar-refractivity contribution in [3.8, 4) is 0 Å². The van der Waals surface area contributed by atoms with Gasteiger partial charge in [0.25, 0.3) is 5.56 Å². The molecule has 0 amide bonds. The highest BCUT2D eigenvalue weighted by Gasteiger charge is 2.08. The van der Waals surface area contributed by atoms with E-state index >= 15 is 0 Å². The maximum Gasteiger partial charge on any atom is 0.267 e. The van der Waals surface area contributed by atoms with Crippen molar-refractivity contribution in [3.05, 3.63) is 38.1 Å². The Hall–Kier alpha value is -1.25. The highest BCUT2D eigenvalue weighted by atomic mass is 127. The summed E-state index contributed by atoms with van der Waals surface area (Å²) in [6.45, 7) is 2.20. The lowest BCUT2D eigenvalue weighted by atomic mass is 10.4. The molecule has 16 heavy (non-hydrogen) atoms. The Morgan fingerprint density at radius 2 is 2.19 bits per heavy atom. The minimum atomic E-state index is -0.0453. The van der Waals surface area contributed by atoms with E-state index < -0.39 is 0 Å². The van der Waals surface area contributed by atoms with Crippen molar-refractivity contribution in [2.45, 2.75) is 13.5 Å². The molecule has 0 bridgehead atoms. The molecule has 0 N–H and O–H groups in total. The average Bonchev–Trinajstić information content (AvgIpc) is 2.65. The van der Waals surface area contributed by atoms with Crippen LogP contribution in [0.5, 0.6) is 0 Å². The summed E-state index contributed by atoms with van der Waals surface area (Å²) in [5, 5.41) is 7.69. The third kappa shape index (κ3) is 1.99. The van der Waals surface area contributed by atoms with Crippen LogP contribution in [-0.4, -0.2) is 24.3 Å². The third-order valence-electron chi connectivity index (χ3n) is 2.27. The van der Waals surface area contributed by atoms with Crippen LogP contribution < -0.4 is 5.56 Å². The summed E-state index contributed by atoms with van der Waals surface area (Å²) >= 11 is 2.01. The molecule has 6 nitrogen and oxygen atoms in total. The van der Waals surface area contributed by atoms with Crippen LogP contribution >= 0.6 is 22.6 Å². The lowest BCUT2D eigenvalue weighted by Gasteiger charge is -2.05. The van der Waals surface area contributed by atoms with Gasteiger partial charge >= 0.3 is 0 Å². The maximum absolute atomic E-state index is 11.9. The van der Waals surface area contributed by atoms with Crippen molar-refractivity contribution in [2.75, 3.05) is 0 Å². The molecule has 2 aromatic heterocycles. The van der Waals surface area contributed by atoms with Crippen LogP contribution in [0.15, 0.2) is 17.4 Å². The Balaban J connectivity index is 2.40. The van der Waals surface area contributed by atoms with Crippen molar-refractivity contribution in [3.63, 3.8) is 0 Å². The van der Waals surface area contributed by atoms with Gasteiger partial charge in [-0.2, -0.15) is 0 Å². The molecule has 84 valence electrons. The highest BCUT2D eigenvalue weighted by molar-refractivity contribution is 14.1. The van der Waals surface area contributed by atoms with E-state index in [0.29, 0.717) is 10.1 Å². The summed E-state index contributed by atoms with van der Waals surface area (Å²) in [6, 6.07) is 0. The van der Waals surface area contributed by atoms with E-state index in [2.05, 4.69) is 15.2 Å². The molecule has 0 fully saturated rings. The molecule has 2 rings (SSSR count). The second-order valence-corrected chi connectivity index (χ2v) is 4.51. The molecule has 0 radical (unpaired) electrons. The predicted molar refractivity (Wildman–Crippen MR) is 66.1 cm³/mol. The Bertz CT molecular complexity index is 574. The lowest BCUT2D eigenvalue weighted by molar-refractivity contribution is 0.658. The SMILES string of the molecule is Cc1ncn(Cc2nncn2C)c(=O)c1I. The number of nitrogens with zero attached hydrogens (tertiary/aromatic N) is 5. The van der Waals surface area contributed by atoms with Crippen molar-refractivity contribution >= 4 is 22.6 Å². The third-order valence-corrected chi connectivity index (χ3v) is 3.52. The molecule has 0 saturated heterocycles. The summed E-state index contributed by atoms with van der Waals surface area (Å²) in [5.74, 6) is 0.726. The molecule has 0 aliphatic rings. The zero-order valence-electron chi connectivity index (χ0n) is 8.88. The zero-order chi connectivity index (χ0) is 11.7.